The second kappa shape index (κ2) is 8.14. The number of rotatable bonds is 4. The summed E-state index contributed by atoms with van der Waals surface area (Å²) >= 11 is 0. The minimum absolute atomic E-state index is 0.0484. The first kappa shape index (κ1) is 18.7. The average molecular weight is 387 g/mol. The summed E-state index contributed by atoms with van der Waals surface area (Å²) in [5, 5.41) is 7.80. The maximum Gasteiger partial charge on any atom is 0.535 e. The second-order valence-electron chi connectivity index (χ2n) is 6.59. The summed E-state index contributed by atoms with van der Waals surface area (Å²) in [5.41, 5.74) is 5.80. The molecule has 146 valence electrons. The molecular formula is C23H21N3O3. The quantitative estimate of drug-likeness (QED) is 0.480. The number of allylic oxidation sites excluding steroid dienone is 5. The number of aromatic nitrogens is 3. The third-order valence-corrected chi connectivity index (χ3v) is 4.93. The Labute approximate surface area is 168 Å². The first-order chi connectivity index (χ1) is 14.2. The predicted octanol–water partition coefficient (Wildman–Crippen LogP) is 4.70. The molecule has 1 heterocycles. The molecule has 29 heavy (non-hydrogen) atoms. The number of para-hydroxylation sites is 1. The maximum absolute atomic E-state index is 12.3. The number of carbonyl (C=O) groups excluding carboxylic acids is 1. The van der Waals surface area contributed by atoms with Crippen molar-refractivity contribution in [3.05, 3.63) is 89.5 Å². The van der Waals surface area contributed by atoms with Gasteiger partial charge >= 0.3 is 6.16 Å². The van der Waals surface area contributed by atoms with Crippen molar-refractivity contribution < 1.29 is 14.4 Å². The Morgan fingerprint density at radius 3 is 2.76 bits per heavy atom. The summed E-state index contributed by atoms with van der Waals surface area (Å²) in [7, 11) is 0. The van der Waals surface area contributed by atoms with Crippen LogP contribution < -0.4 is 4.84 Å². The van der Waals surface area contributed by atoms with E-state index >= 15 is 0 Å². The summed E-state index contributed by atoms with van der Waals surface area (Å²) in [6, 6.07) is 15.4. The molecule has 0 saturated heterocycles. The summed E-state index contributed by atoms with van der Waals surface area (Å²) in [6.45, 7) is 4.16. The molecule has 6 nitrogen and oxygen atoms in total. The molecule has 0 radical (unpaired) electrons. The maximum atomic E-state index is 12.3. The van der Waals surface area contributed by atoms with Crippen molar-refractivity contribution in [1.82, 2.24) is 15.2 Å². The molecule has 0 N–H and O–H groups in total. The van der Waals surface area contributed by atoms with Crippen molar-refractivity contribution in [2.75, 3.05) is 6.61 Å². The molecule has 0 bridgehead atoms. The van der Waals surface area contributed by atoms with Gasteiger partial charge in [0.05, 0.1) is 0 Å². The van der Waals surface area contributed by atoms with E-state index in [9.17, 15) is 4.79 Å². The minimum Gasteiger partial charge on any atom is -0.432 e. The Kier molecular flexibility index (Phi) is 5.24. The van der Waals surface area contributed by atoms with E-state index in [4.69, 9.17) is 9.57 Å². The first-order valence-corrected chi connectivity index (χ1v) is 9.47. The second-order valence-corrected chi connectivity index (χ2v) is 6.59. The van der Waals surface area contributed by atoms with Gasteiger partial charge in [0.1, 0.15) is 17.6 Å². The van der Waals surface area contributed by atoms with E-state index in [1.54, 1.807) is 12.1 Å². The van der Waals surface area contributed by atoms with E-state index < -0.39 is 6.16 Å². The Balaban J connectivity index is 1.52. The number of nitrogens with zero attached hydrogens (tertiary/aromatic N) is 3. The van der Waals surface area contributed by atoms with Gasteiger partial charge in [0.2, 0.25) is 0 Å². The molecule has 0 fully saturated rings. The van der Waals surface area contributed by atoms with Crippen LogP contribution in [0, 0.1) is 0 Å². The number of ether oxygens (including phenoxy) is 1. The van der Waals surface area contributed by atoms with E-state index in [1.165, 1.54) is 0 Å². The topological polar surface area (TPSA) is 66.2 Å². The van der Waals surface area contributed by atoms with Gasteiger partial charge in [-0.2, -0.15) is 0 Å². The van der Waals surface area contributed by atoms with E-state index in [1.807, 2.05) is 50.3 Å². The summed E-state index contributed by atoms with van der Waals surface area (Å²) in [6.07, 6.45) is 7.35. The fraction of sp³-hybridized carbons (Fsp3) is 0.174. The van der Waals surface area contributed by atoms with Crippen molar-refractivity contribution in [2.24, 2.45) is 0 Å². The van der Waals surface area contributed by atoms with Gasteiger partial charge in [0, 0.05) is 5.92 Å². The van der Waals surface area contributed by atoms with Gasteiger partial charge in [-0.3, -0.25) is 4.84 Å². The fourth-order valence-electron chi connectivity index (χ4n) is 3.63. The van der Waals surface area contributed by atoms with Crippen molar-refractivity contribution in [2.45, 2.75) is 19.8 Å². The zero-order valence-electron chi connectivity index (χ0n) is 16.3. The largest absolute Gasteiger partial charge is 0.535 e. The molecule has 0 spiro atoms. The van der Waals surface area contributed by atoms with Gasteiger partial charge in [-0.25, -0.2) is 4.79 Å². The highest BCUT2D eigenvalue weighted by atomic mass is 16.8. The summed E-state index contributed by atoms with van der Waals surface area (Å²) in [5.74, 6) is -0.0484. The SMILES string of the molecule is C\C=C/C=C1\C(=C/C)C(COC(=O)On2nnc3ccccc32)c2ccccc21. The lowest BCUT2D eigenvalue weighted by atomic mass is 9.97. The lowest BCUT2D eigenvalue weighted by molar-refractivity contribution is 0.0379. The molecule has 2 aromatic carbocycles. The van der Waals surface area contributed by atoms with E-state index in [2.05, 4.69) is 34.6 Å². The van der Waals surface area contributed by atoms with Crippen LogP contribution in [0.4, 0.5) is 4.79 Å². The molecular weight excluding hydrogens is 366 g/mol. The Bertz CT molecular complexity index is 1140. The molecule has 1 unspecified atom stereocenters. The lowest BCUT2D eigenvalue weighted by Crippen LogP contribution is -2.23. The van der Waals surface area contributed by atoms with Crippen LogP contribution in [0.15, 0.2) is 78.4 Å². The first-order valence-electron chi connectivity index (χ1n) is 9.47. The van der Waals surface area contributed by atoms with Crippen LogP contribution in [0.3, 0.4) is 0 Å². The summed E-state index contributed by atoms with van der Waals surface area (Å²) < 4.78 is 5.45. The van der Waals surface area contributed by atoms with Crippen LogP contribution in [-0.4, -0.2) is 27.9 Å². The highest BCUT2D eigenvalue weighted by molar-refractivity contribution is 5.88. The molecule has 1 aliphatic rings. The fourth-order valence-corrected chi connectivity index (χ4v) is 3.63. The Hall–Kier alpha value is -3.67. The number of hydrogen-bond acceptors (Lipinski definition) is 5. The van der Waals surface area contributed by atoms with Crippen molar-refractivity contribution in [3.63, 3.8) is 0 Å². The average Bonchev–Trinajstić information content (AvgIpc) is 3.29. The molecule has 0 aliphatic heterocycles. The highest BCUT2D eigenvalue weighted by Crippen LogP contribution is 2.45. The van der Waals surface area contributed by atoms with Gasteiger partial charge in [0.15, 0.2) is 0 Å². The Morgan fingerprint density at radius 2 is 1.93 bits per heavy atom. The monoisotopic (exact) mass is 387 g/mol. The van der Waals surface area contributed by atoms with E-state index in [0.717, 1.165) is 27.1 Å². The van der Waals surface area contributed by atoms with E-state index in [-0.39, 0.29) is 12.5 Å². The normalized spacial score (nSPS) is 18.6. The van der Waals surface area contributed by atoms with Crippen LogP contribution >= 0.6 is 0 Å². The zero-order valence-corrected chi connectivity index (χ0v) is 16.3. The summed E-state index contributed by atoms with van der Waals surface area (Å²) in [4.78, 5) is 18.6. The molecule has 1 aromatic heterocycles. The smallest absolute Gasteiger partial charge is 0.432 e. The van der Waals surface area contributed by atoms with Gasteiger partial charge in [-0.15, -0.1) is 5.10 Å². The van der Waals surface area contributed by atoms with Gasteiger partial charge in [-0.05, 0) is 53.5 Å². The highest BCUT2D eigenvalue weighted by Gasteiger charge is 2.31. The molecule has 0 amide bonds. The number of hydrogen-bond donors (Lipinski definition) is 0. The molecule has 6 heteroatoms. The molecule has 1 atom stereocenters. The van der Waals surface area contributed by atoms with Gasteiger partial charge < -0.3 is 4.74 Å². The number of benzene rings is 2. The molecule has 0 saturated carbocycles. The van der Waals surface area contributed by atoms with Crippen molar-refractivity contribution >= 4 is 22.8 Å². The van der Waals surface area contributed by atoms with E-state index in [0.29, 0.717) is 11.0 Å². The van der Waals surface area contributed by atoms with Crippen LogP contribution in [0.1, 0.15) is 30.9 Å². The van der Waals surface area contributed by atoms with Crippen molar-refractivity contribution in [3.8, 4) is 0 Å². The Morgan fingerprint density at radius 1 is 1.14 bits per heavy atom. The molecule has 1 aliphatic carbocycles. The van der Waals surface area contributed by atoms with Gasteiger partial charge in [-0.1, -0.05) is 65.5 Å². The van der Waals surface area contributed by atoms with Crippen molar-refractivity contribution in [1.29, 1.82) is 0 Å². The number of carbonyl (C=O) groups is 1. The van der Waals surface area contributed by atoms with Gasteiger partial charge in [0.25, 0.3) is 0 Å². The van der Waals surface area contributed by atoms with Crippen LogP contribution in [0.2, 0.25) is 0 Å². The lowest BCUT2D eigenvalue weighted by Gasteiger charge is -2.14. The van der Waals surface area contributed by atoms with Crippen LogP contribution in [0.5, 0.6) is 0 Å². The third-order valence-electron chi connectivity index (χ3n) is 4.93. The zero-order chi connectivity index (χ0) is 20.2. The van der Waals surface area contributed by atoms with Crippen LogP contribution in [0.25, 0.3) is 16.6 Å². The molecule has 4 rings (SSSR count). The third kappa shape index (κ3) is 3.57. The predicted molar refractivity (Wildman–Crippen MR) is 111 cm³/mol. The van der Waals surface area contributed by atoms with Crippen LogP contribution in [-0.2, 0) is 4.74 Å². The number of fused-ring (bicyclic) bond motifs is 2. The standard InChI is InChI=1S/C23H21N3O3/c1-3-5-10-17-16(4-2)20(19-12-7-6-11-18(17)19)15-28-23(27)29-26-22-14-9-8-13-21(22)24-25-26/h3-14,20H,15H2,1-2H3/b5-3-,16-4+,17-10+. The molecule has 3 aromatic rings. The minimum atomic E-state index is -0.820.